The van der Waals surface area contributed by atoms with Crippen molar-refractivity contribution in [2.24, 2.45) is 17.3 Å². The molecule has 0 saturated heterocycles. The fourth-order valence-corrected chi connectivity index (χ4v) is 3.55. The Morgan fingerprint density at radius 2 is 1.71 bits per heavy atom. The van der Waals surface area contributed by atoms with Crippen molar-refractivity contribution in [1.82, 2.24) is 0 Å². The maximum Gasteiger partial charge on any atom is 0.426 e. The van der Waals surface area contributed by atoms with Crippen LogP contribution in [0.2, 0.25) is 0 Å². The van der Waals surface area contributed by atoms with Crippen molar-refractivity contribution < 1.29 is 27.4 Å². The van der Waals surface area contributed by atoms with Crippen LogP contribution in [-0.2, 0) is 9.53 Å². The number of nitriles is 1. The minimum Gasteiger partial charge on any atom is -0.457 e. The number of carbonyl (C=O) groups excluding carboxylic acids is 1. The molecule has 1 aliphatic carbocycles. The fraction of sp³-hybridized carbons (Fsp3) is 0.407. The van der Waals surface area contributed by atoms with Crippen LogP contribution >= 0.6 is 11.6 Å². The van der Waals surface area contributed by atoms with Gasteiger partial charge in [-0.1, -0.05) is 88.5 Å². The van der Waals surface area contributed by atoms with Crippen molar-refractivity contribution in [3.8, 4) is 17.6 Å². The van der Waals surface area contributed by atoms with Gasteiger partial charge in [-0.15, -0.1) is 0 Å². The molecule has 0 bridgehead atoms. The minimum atomic E-state index is -4.68. The molecule has 0 spiro atoms. The number of rotatable bonds is 7. The summed E-state index contributed by atoms with van der Waals surface area (Å²) in [5.74, 6) is -1.27. The van der Waals surface area contributed by atoms with Gasteiger partial charge in [-0.3, -0.25) is 4.79 Å². The van der Waals surface area contributed by atoms with Crippen LogP contribution in [0.4, 0.5) is 13.2 Å². The van der Waals surface area contributed by atoms with Gasteiger partial charge in [-0.25, -0.2) is 0 Å². The van der Waals surface area contributed by atoms with Crippen LogP contribution < -0.4 is 4.74 Å². The van der Waals surface area contributed by atoms with Crippen LogP contribution in [-0.4, -0.2) is 12.1 Å². The molecule has 188 valence electrons. The lowest BCUT2D eigenvalue weighted by Gasteiger charge is -2.13. The number of benzene rings is 2. The van der Waals surface area contributed by atoms with Crippen LogP contribution in [0.15, 0.2) is 65.7 Å². The van der Waals surface area contributed by atoms with E-state index in [1.807, 2.05) is 24.3 Å². The number of carbonyl (C=O) groups is 1. The van der Waals surface area contributed by atoms with Gasteiger partial charge >= 0.3 is 12.1 Å². The van der Waals surface area contributed by atoms with Crippen molar-refractivity contribution >= 4 is 17.6 Å². The second kappa shape index (κ2) is 12.1. The maximum absolute atomic E-state index is 12.7. The number of hydrogen-bond acceptors (Lipinski definition) is 4. The maximum atomic E-state index is 12.7. The Morgan fingerprint density at radius 1 is 1.11 bits per heavy atom. The first-order chi connectivity index (χ1) is 16.4. The summed E-state index contributed by atoms with van der Waals surface area (Å²) >= 11 is 5.32. The summed E-state index contributed by atoms with van der Waals surface area (Å²) in [5, 5.41) is 8.23. The van der Waals surface area contributed by atoms with E-state index < -0.39 is 40.5 Å². The topological polar surface area (TPSA) is 59.3 Å². The van der Waals surface area contributed by atoms with Crippen LogP contribution in [0.3, 0.4) is 0 Å². The van der Waals surface area contributed by atoms with Gasteiger partial charge in [0.2, 0.25) is 6.10 Å². The smallest absolute Gasteiger partial charge is 0.426 e. The highest BCUT2D eigenvalue weighted by Crippen LogP contribution is 2.60. The van der Waals surface area contributed by atoms with E-state index in [0.717, 1.165) is 6.08 Å². The molecule has 2 aromatic carbocycles. The van der Waals surface area contributed by atoms with Crippen LogP contribution in [0.25, 0.3) is 0 Å². The second-order valence-electron chi connectivity index (χ2n) is 8.77. The van der Waals surface area contributed by atoms with Crippen LogP contribution in [0.1, 0.15) is 52.2 Å². The zero-order valence-electron chi connectivity index (χ0n) is 20.1. The third-order valence-electron chi connectivity index (χ3n) is 5.75. The number of hydrogen-bond donors (Lipinski definition) is 0. The first kappa shape index (κ1) is 28.3. The monoisotopic (exact) mass is 507 g/mol. The molecule has 1 aliphatic rings. The minimum absolute atomic E-state index is 0.392. The highest BCUT2D eigenvalue weighted by Gasteiger charge is 2.62. The van der Waals surface area contributed by atoms with Gasteiger partial charge in [0.15, 0.2) is 0 Å². The van der Waals surface area contributed by atoms with Crippen LogP contribution in [0, 0.1) is 28.6 Å². The third-order valence-corrected chi connectivity index (χ3v) is 6.09. The molecule has 0 radical (unpaired) electrons. The Bertz CT molecular complexity index is 1060. The van der Waals surface area contributed by atoms with E-state index in [9.17, 15) is 23.2 Å². The normalized spacial score (nSPS) is 19.5. The summed E-state index contributed by atoms with van der Waals surface area (Å²) < 4.78 is 49.2. The summed E-state index contributed by atoms with van der Waals surface area (Å²) in [6.07, 6.45) is -2.43. The van der Waals surface area contributed by atoms with Gasteiger partial charge in [0.1, 0.15) is 22.6 Å². The summed E-state index contributed by atoms with van der Waals surface area (Å²) in [7, 11) is 0. The number of halogens is 4. The van der Waals surface area contributed by atoms with Gasteiger partial charge in [-0.05, 0) is 35.6 Å². The molecule has 3 atom stereocenters. The number of unbranched alkanes of at least 4 members (excludes halogenated alkanes) is 1. The second-order valence-corrected chi connectivity index (χ2v) is 9.18. The Hall–Kier alpha value is -2.98. The quantitative estimate of drug-likeness (QED) is 0.353. The molecule has 1 unspecified atom stereocenters. The number of para-hydroxylation sites is 1. The molecule has 2 aromatic rings. The number of ether oxygens (including phenoxy) is 2. The van der Waals surface area contributed by atoms with E-state index in [1.165, 1.54) is 12.8 Å². The molecule has 0 N–H and O–H groups in total. The zero-order valence-corrected chi connectivity index (χ0v) is 20.9. The van der Waals surface area contributed by atoms with Gasteiger partial charge in [0.25, 0.3) is 0 Å². The molecule has 0 aliphatic heterocycles. The zero-order chi connectivity index (χ0) is 26.2. The van der Waals surface area contributed by atoms with Gasteiger partial charge in [-0.2, -0.15) is 18.4 Å². The standard InChI is InChI=1S/C23H19ClF3NO3.C4H10/c1-22(2)17(12-19(24)23(25,26)27)20(22)21(29)31-18(13-28)14-7-6-10-16(11-14)30-15-8-4-3-5-9-15;1-3-4-2/h3-12,17-18,20H,1-2H3;3-4H2,1-2H3/b19-12-;/t17-,18?,20-;/m0./s1. The summed E-state index contributed by atoms with van der Waals surface area (Å²) in [6, 6.07) is 17.4. The summed E-state index contributed by atoms with van der Waals surface area (Å²) in [6.45, 7) is 7.66. The molecule has 0 aromatic heterocycles. The van der Waals surface area contributed by atoms with E-state index in [2.05, 4.69) is 13.8 Å². The molecular weight excluding hydrogens is 479 g/mol. The molecule has 1 saturated carbocycles. The average Bonchev–Trinajstić information content (AvgIpc) is 3.37. The average molecular weight is 508 g/mol. The van der Waals surface area contributed by atoms with Gasteiger partial charge in [0.05, 0.1) is 5.92 Å². The predicted molar refractivity (Wildman–Crippen MR) is 129 cm³/mol. The Balaban J connectivity index is 0.00000100. The number of allylic oxidation sites excluding steroid dienone is 2. The third kappa shape index (κ3) is 7.76. The lowest BCUT2D eigenvalue weighted by molar-refractivity contribution is -0.149. The summed E-state index contributed by atoms with van der Waals surface area (Å²) in [5.41, 5.74) is -0.371. The van der Waals surface area contributed by atoms with Gasteiger partial charge in [0, 0.05) is 5.56 Å². The van der Waals surface area contributed by atoms with Crippen molar-refractivity contribution in [3.05, 3.63) is 71.3 Å². The first-order valence-corrected chi connectivity index (χ1v) is 11.7. The highest BCUT2D eigenvalue weighted by molar-refractivity contribution is 6.30. The molecule has 8 heteroatoms. The van der Waals surface area contributed by atoms with E-state index >= 15 is 0 Å². The van der Waals surface area contributed by atoms with E-state index in [1.54, 1.807) is 50.2 Å². The van der Waals surface area contributed by atoms with Crippen molar-refractivity contribution in [1.29, 1.82) is 5.26 Å². The number of alkyl halides is 3. The molecule has 0 heterocycles. The highest BCUT2D eigenvalue weighted by atomic mass is 35.5. The SMILES string of the molecule is CC1(C)[C@H](C(=O)OC(C#N)c2cccc(Oc3ccccc3)c2)[C@@H]1/C=C(\Cl)C(F)(F)F.CCCC. The number of esters is 1. The first-order valence-electron chi connectivity index (χ1n) is 11.3. The molecule has 35 heavy (non-hydrogen) atoms. The predicted octanol–water partition coefficient (Wildman–Crippen LogP) is 8.35. The van der Waals surface area contributed by atoms with Crippen molar-refractivity contribution in [2.75, 3.05) is 0 Å². The van der Waals surface area contributed by atoms with E-state index in [4.69, 9.17) is 21.1 Å². The van der Waals surface area contributed by atoms with Crippen molar-refractivity contribution in [3.63, 3.8) is 0 Å². The molecule has 4 nitrogen and oxygen atoms in total. The largest absolute Gasteiger partial charge is 0.457 e. The fourth-order valence-electron chi connectivity index (χ4n) is 3.42. The number of nitrogens with zero attached hydrogens (tertiary/aromatic N) is 1. The van der Waals surface area contributed by atoms with E-state index in [0.29, 0.717) is 17.1 Å². The Kier molecular flexibility index (Phi) is 9.79. The lowest BCUT2D eigenvalue weighted by atomic mass is 10.1. The van der Waals surface area contributed by atoms with Crippen LogP contribution in [0.5, 0.6) is 11.5 Å². The molecular formula is C27H29ClF3NO3. The molecule has 3 rings (SSSR count). The summed E-state index contributed by atoms with van der Waals surface area (Å²) in [4.78, 5) is 12.6. The van der Waals surface area contributed by atoms with Crippen molar-refractivity contribution in [2.45, 2.75) is 52.8 Å². The van der Waals surface area contributed by atoms with Gasteiger partial charge < -0.3 is 9.47 Å². The Labute approximate surface area is 209 Å². The lowest BCUT2D eigenvalue weighted by Crippen LogP contribution is -2.14. The Morgan fingerprint density at radius 3 is 2.26 bits per heavy atom. The molecule has 0 amide bonds. The molecule has 1 fully saturated rings. The van der Waals surface area contributed by atoms with E-state index in [-0.39, 0.29) is 0 Å².